The van der Waals surface area contributed by atoms with Crippen molar-refractivity contribution in [3.8, 4) is 5.75 Å². The Balaban J connectivity index is 1.92. The Morgan fingerprint density at radius 3 is 2.62 bits per heavy atom. The summed E-state index contributed by atoms with van der Waals surface area (Å²) in [6.07, 6.45) is 2.61. The van der Waals surface area contributed by atoms with Crippen molar-refractivity contribution < 1.29 is 14.6 Å². The zero-order valence-corrected chi connectivity index (χ0v) is 13.1. The highest BCUT2D eigenvalue weighted by atomic mass is 16.5. The molecule has 0 amide bonds. The van der Waals surface area contributed by atoms with Crippen LogP contribution in [0, 0.1) is 13.8 Å². The smallest absolute Gasteiger partial charge is 0.320 e. The summed E-state index contributed by atoms with van der Waals surface area (Å²) in [7, 11) is 0. The second-order valence-corrected chi connectivity index (χ2v) is 5.88. The normalized spacial score (nSPS) is 18.4. The summed E-state index contributed by atoms with van der Waals surface area (Å²) >= 11 is 0. The zero-order valence-electron chi connectivity index (χ0n) is 13.1. The Morgan fingerprint density at radius 2 is 2.05 bits per heavy atom. The van der Waals surface area contributed by atoms with Gasteiger partial charge < -0.3 is 9.84 Å². The van der Waals surface area contributed by atoms with Gasteiger partial charge in [0, 0.05) is 13.1 Å². The highest BCUT2D eigenvalue weighted by Gasteiger charge is 2.29. The van der Waals surface area contributed by atoms with Gasteiger partial charge in [-0.15, -0.1) is 0 Å². The number of hydrogen-bond acceptors (Lipinski definition) is 3. The Morgan fingerprint density at radius 1 is 1.38 bits per heavy atom. The van der Waals surface area contributed by atoms with Crippen LogP contribution in [0.1, 0.15) is 37.3 Å². The molecule has 0 aliphatic carbocycles. The molecular weight excluding hydrogens is 266 g/mol. The molecule has 4 nitrogen and oxygen atoms in total. The summed E-state index contributed by atoms with van der Waals surface area (Å²) in [6, 6.07) is 5.89. The number of aryl methyl sites for hydroxylation is 2. The van der Waals surface area contributed by atoms with Gasteiger partial charge in [0.15, 0.2) is 0 Å². The van der Waals surface area contributed by atoms with Gasteiger partial charge in [-0.05, 0) is 50.3 Å². The number of rotatable bonds is 5. The summed E-state index contributed by atoms with van der Waals surface area (Å²) < 4.78 is 6.12. The van der Waals surface area contributed by atoms with E-state index in [2.05, 4.69) is 36.9 Å². The van der Waals surface area contributed by atoms with E-state index in [1.54, 1.807) is 0 Å². The minimum atomic E-state index is -0.716. The average Bonchev–Trinajstić information content (AvgIpc) is 2.45. The predicted octanol–water partition coefficient (Wildman–Crippen LogP) is 3.01. The molecule has 1 aromatic rings. The molecule has 1 N–H and O–H groups in total. The van der Waals surface area contributed by atoms with E-state index in [9.17, 15) is 9.90 Å². The van der Waals surface area contributed by atoms with Gasteiger partial charge in [0.25, 0.3) is 0 Å². The number of likely N-dealkylation sites (tertiary alicyclic amines) is 1. The lowest BCUT2D eigenvalue weighted by Gasteiger charge is -2.35. The minimum absolute atomic E-state index is 0.188. The number of carbonyl (C=O) groups is 1. The molecule has 1 fully saturated rings. The highest BCUT2D eigenvalue weighted by Crippen LogP contribution is 2.24. The van der Waals surface area contributed by atoms with E-state index in [0.29, 0.717) is 6.42 Å². The third-order valence-electron chi connectivity index (χ3n) is 4.23. The lowest BCUT2D eigenvalue weighted by molar-refractivity contribution is -0.144. The molecule has 0 bridgehead atoms. The SMILES string of the molecule is CC[C@H](C(=O)O)N1CCC(Oc2cc(C)ccc2C)CC1. The van der Waals surface area contributed by atoms with Crippen molar-refractivity contribution in [3.63, 3.8) is 0 Å². The van der Waals surface area contributed by atoms with E-state index in [-0.39, 0.29) is 12.1 Å². The molecule has 0 saturated carbocycles. The van der Waals surface area contributed by atoms with Crippen LogP contribution in [-0.2, 0) is 4.79 Å². The van der Waals surface area contributed by atoms with Crippen LogP contribution < -0.4 is 4.74 Å². The molecule has 21 heavy (non-hydrogen) atoms. The van der Waals surface area contributed by atoms with E-state index in [1.165, 1.54) is 5.56 Å². The summed E-state index contributed by atoms with van der Waals surface area (Å²) in [5, 5.41) is 9.22. The first kappa shape index (κ1) is 15.8. The van der Waals surface area contributed by atoms with Crippen LogP contribution in [0.15, 0.2) is 18.2 Å². The fourth-order valence-corrected chi connectivity index (χ4v) is 2.91. The fourth-order valence-electron chi connectivity index (χ4n) is 2.91. The largest absolute Gasteiger partial charge is 0.490 e. The molecule has 0 unspecified atom stereocenters. The number of carboxylic acids is 1. The van der Waals surface area contributed by atoms with Gasteiger partial charge >= 0.3 is 5.97 Å². The van der Waals surface area contributed by atoms with E-state index in [1.807, 2.05) is 6.92 Å². The quantitative estimate of drug-likeness (QED) is 0.906. The maximum absolute atomic E-state index is 11.2. The van der Waals surface area contributed by atoms with E-state index in [0.717, 1.165) is 37.2 Å². The van der Waals surface area contributed by atoms with Crippen LogP contribution in [0.25, 0.3) is 0 Å². The van der Waals surface area contributed by atoms with Gasteiger partial charge in [-0.1, -0.05) is 19.1 Å². The second kappa shape index (κ2) is 6.94. The monoisotopic (exact) mass is 291 g/mol. The summed E-state index contributed by atoms with van der Waals surface area (Å²) in [4.78, 5) is 13.3. The predicted molar refractivity (Wildman–Crippen MR) is 82.9 cm³/mol. The molecule has 1 saturated heterocycles. The van der Waals surface area contributed by atoms with Crippen molar-refractivity contribution in [3.05, 3.63) is 29.3 Å². The van der Waals surface area contributed by atoms with Gasteiger partial charge in [0.05, 0.1) is 0 Å². The van der Waals surface area contributed by atoms with E-state index in [4.69, 9.17) is 4.74 Å². The zero-order chi connectivity index (χ0) is 15.4. The maximum atomic E-state index is 11.2. The molecule has 116 valence electrons. The second-order valence-electron chi connectivity index (χ2n) is 5.88. The first-order chi connectivity index (χ1) is 10.0. The van der Waals surface area contributed by atoms with Crippen LogP contribution >= 0.6 is 0 Å². The van der Waals surface area contributed by atoms with E-state index < -0.39 is 5.97 Å². The highest BCUT2D eigenvalue weighted by molar-refractivity contribution is 5.73. The van der Waals surface area contributed by atoms with Crippen LogP contribution in [-0.4, -0.2) is 41.2 Å². The molecule has 1 heterocycles. The lowest BCUT2D eigenvalue weighted by Crippen LogP contribution is -2.47. The number of carboxylic acid groups (broad SMARTS) is 1. The first-order valence-electron chi connectivity index (χ1n) is 7.72. The van der Waals surface area contributed by atoms with Gasteiger partial charge in [0.2, 0.25) is 0 Å². The summed E-state index contributed by atoms with van der Waals surface area (Å²) in [5.41, 5.74) is 2.35. The van der Waals surface area contributed by atoms with Crippen LogP contribution in [0.3, 0.4) is 0 Å². The minimum Gasteiger partial charge on any atom is -0.490 e. The van der Waals surface area contributed by atoms with Gasteiger partial charge in [0.1, 0.15) is 17.9 Å². The fraction of sp³-hybridized carbons (Fsp3) is 0.588. The summed E-state index contributed by atoms with van der Waals surface area (Å²) in [6.45, 7) is 7.63. The molecule has 0 aromatic heterocycles. The standard InChI is InChI=1S/C17H25NO3/c1-4-15(17(19)20)18-9-7-14(8-10-18)21-16-11-12(2)5-6-13(16)3/h5-6,11,14-15H,4,7-10H2,1-3H3,(H,19,20)/t15-/m1/s1. The number of hydrogen-bond donors (Lipinski definition) is 1. The molecule has 1 aliphatic rings. The van der Waals surface area contributed by atoms with Crippen LogP contribution in [0.4, 0.5) is 0 Å². The molecule has 0 radical (unpaired) electrons. The molecule has 2 rings (SSSR count). The summed E-state index contributed by atoms with van der Waals surface area (Å²) in [5.74, 6) is 0.241. The van der Waals surface area contributed by atoms with Crippen molar-refractivity contribution in [2.45, 2.75) is 52.2 Å². The Kier molecular flexibility index (Phi) is 5.23. The molecule has 0 spiro atoms. The number of aliphatic carboxylic acids is 1. The Hall–Kier alpha value is -1.55. The first-order valence-corrected chi connectivity index (χ1v) is 7.72. The van der Waals surface area contributed by atoms with E-state index >= 15 is 0 Å². The third-order valence-corrected chi connectivity index (χ3v) is 4.23. The molecule has 4 heteroatoms. The number of ether oxygens (including phenoxy) is 1. The number of piperidine rings is 1. The molecule has 1 atom stereocenters. The molecule has 1 aliphatic heterocycles. The topological polar surface area (TPSA) is 49.8 Å². The lowest BCUT2D eigenvalue weighted by atomic mass is 10.0. The van der Waals surface area contributed by atoms with Crippen molar-refractivity contribution >= 4 is 5.97 Å². The van der Waals surface area contributed by atoms with Gasteiger partial charge in [-0.25, -0.2) is 0 Å². The average molecular weight is 291 g/mol. The van der Waals surface area contributed by atoms with Crippen molar-refractivity contribution in [2.75, 3.05) is 13.1 Å². The maximum Gasteiger partial charge on any atom is 0.320 e. The number of benzene rings is 1. The third kappa shape index (κ3) is 3.97. The molecule has 1 aromatic carbocycles. The van der Waals surface area contributed by atoms with Crippen molar-refractivity contribution in [1.29, 1.82) is 0 Å². The van der Waals surface area contributed by atoms with Crippen molar-refractivity contribution in [1.82, 2.24) is 4.90 Å². The van der Waals surface area contributed by atoms with Crippen molar-refractivity contribution in [2.24, 2.45) is 0 Å². The Bertz CT molecular complexity index is 493. The van der Waals surface area contributed by atoms with Crippen LogP contribution in [0.2, 0.25) is 0 Å². The molecular formula is C17H25NO3. The van der Waals surface area contributed by atoms with Gasteiger partial charge in [-0.3, -0.25) is 9.69 Å². The number of nitrogens with zero attached hydrogens (tertiary/aromatic N) is 1. The van der Waals surface area contributed by atoms with Crippen LogP contribution in [0.5, 0.6) is 5.75 Å². The van der Waals surface area contributed by atoms with Gasteiger partial charge in [-0.2, -0.15) is 0 Å². The Labute approximate surface area is 126 Å².